The third-order valence-corrected chi connectivity index (χ3v) is 3.70. The highest BCUT2D eigenvalue weighted by molar-refractivity contribution is 7.12. The molecule has 1 aromatic rings. The maximum atomic E-state index is 8.65. The van der Waals surface area contributed by atoms with Gasteiger partial charge in [0.25, 0.3) is 0 Å². The third kappa shape index (κ3) is 3.21. The van der Waals surface area contributed by atoms with Crippen LogP contribution >= 0.6 is 11.3 Å². The molecule has 0 aromatic carbocycles. The molecule has 0 saturated carbocycles. The van der Waals surface area contributed by atoms with Gasteiger partial charge in [-0.3, -0.25) is 5.32 Å². The fourth-order valence-corrected chi connectivity index (χ4v) is 2.44. The van der Waals surface area contributed by atoms with E-state index >= 15 is 0 Å². The van der Waals surface area contributed by atoms with E-state index in [4.69, 9.17) is 10.9 Å². The molecule has 0 aliphatic heterocycles. The highest BCUT2D eigenvalue weighted by Crippen LogP contribution is 2.22. The molecule has 0 spiro atoms. The largest absolute Gasteiger partial charge is 0.409 e. The molecule has 4 nitrogen and oxygen atoms in total. The second-order valence-corrected chi connectivity index (χ2v) is 5.14. The van der Waals surface area contributed by atoms with Crippen LogP contribution in [-0.4, -0.2) is 17.1 Å². The Labute approximate surface area is 100 Å². The molecule has 0 amide bonds. The van der Waals surface area contributed by atoms with Gasteiger partial charge in [0.15, 0.2) is 5.84 Å². The van der Waals surface area contributed by atoms with Crippen LogP contribution in [0.2, 0.25) is 0 Å². The molecule has 5 heteroatoms. The molecular weight excluding hydrogens is 222 g/mol. The number of hydrogen-bond acceptors (Lipinski definition) is 4. The second-order valence-electron chi connectivity index (χ2n) is 3.82. The van der Waals surface area contributed by atoms with Gasteiger partial charge < -0.3 is 10.9 Å². The summed E-state index contributed by atoms with van der Waals surface area (Å²) in [5, 5.41) is 15.0. The Morgan fingerprint density at radius 2 is 2.31 bits per heavy atom. The summed E-state index contributed by atoms with van der Waals surface area (Å²) in [5.41, 5.74) is 5.60. The van der Waals surface area contributed by atoms with Gasteiger partial charge in [0.05, 0.1) is 6.04 Å². The van der Waals surface area contributed by atoms with Crippen LogP contribution in [0.25, 0.3) is 0 Å². The van der Waals surface area contributed by atoms with Crippen LogP contribution in [0.15, 0.2) is 17.3 Å². The standard InChI is InChI=1S/C11H19N3OS/c1-4-9(11(12)14-15)13-8(3)10-6-5-7(2)16-10/h5-6,8-9,13,15H,4H2,1-3H3,(H2,12,14). The van der Waals surface area contributed by atoms with Gasteiger partial charge >= 0.3 is 0 Å². The SMILES string of the molecule is CCC(NC(C)c1ccc(C)s1)C(N)=NO. The van der Waals surface area contributed by atoms with Crippen molar-refractivity contribution in [3.63, 3.8) is 0 Å². The summed E-state index contributed by atoms with van der Waals surface area (Å²) >= 11 is 1.76. The van der Waals surface area contributed by atoms with Crippen molar-refractivity contribution in [2.75, 3.05) is 0 Å². The van der Waals surface area contributed by atoms with Crippen molar-refractivity contribution in [2.45, 2.75) is 39.3 Å². The lowest BCUT2D eigenvalue weighted by atomic mass is 10.1. The zero-order chi connectivity index (χ0) is 12.1. The van der Waals surface area contributed by atoms with Gasteiger partial charge in [-0.1, -0.05) is 12.1 Å². The summed E-state index contributed by atoms with van der Waals surface area (Å²) in [4.78, 5) is 2.56. The smallest absolute Gasteiger partial charge is 0.156 e. The number of nitrogens with one attached hydrogen (secondary N) is 1. The van der Waals surface area contributed by atoms with Crippen molar-refractivity contribution in [1.82, 2.24) is 5.32 Å². The molecule has 1 rings (SSSR count). The first-order valence-corrected chi connectivity index (χ1v) is 6.20. The molecule has 90 valence electrons. The zero-order valence-electron chi connectivity index (χ0n) is 9.90. The van der Waals surface area contributed by atoms with Gasteiger partial charge in [0, 0.05) is 15.8 Å². The van der Waals surface area contributed by atoms with Crippen molar-refractivity contribution in [3.05, 3.63) is 21.9 Å². The lowest BCUT2D eigenvalue weighted by Gasteiger charge is -2.20. The first kappa shape index (κ1) is 13.0. The first-order valence-electron chi connectivity index (χ1n) is 5.38. The van der Waals surface area contributed by atoms with Crippen molar-refractivity contribution < 1.29 is 5.21 Å². The van der Waals surface area contributed by atoms with E-state index in [0.29, 0.717) is 0 Å². The minimum absolute atomic E-state index is 0.0811. The van der Waals surface area contributed by atoms with Gasteiger partial charge in [-0.15, -0.1) is 11.3 Å². The van der Waals surface area contributed by atoms with E-state index in [9.17, 15) is 0 Å². The van der Waals surface area contributed by atoms with Crippen molar-refractivity contribution >= 4 is 17.2 Å². The minimum Gasteiger partial charge on any atom is -0.409 e. The first-order chi connectivity index (χ1) is 7.58. The van der Waals surface area contributed by atoms with E-state index < -0.39 is 0 Å². The van der Waals surface area contributed by atoms with E-state index in [0.717, 1.165) is 6.42 Å². The molecular formula is C11H19N3OS. The summed E-state index contributed by atoms with van der Waals surface area (Å²) < 4.78 is 0. The lowest BCUT2D eigenvalue weighted by Crippen LogP contribution is -2.41. The van der Waals surface area contributed by atoms with Crippen molar-refractivity contribution in [2.24, 2.45) is 10.9 Å². The summed E-state index contributed by atoms with van der Waals surface area (Å²) in [6.07, 6.45) is 0.796. The topological polar surface area (TPSA) is 70.6 Å². The van der Waals surface area contributed by atoms with Crippen LogP contribution in [0.4, 0.5) is 0 Å². The maximum Gasteiger partial charge on any atom is 0.156 e. The summed E-state index contributed by atoms with van der Waals surface area (Å²) in [7, 11) is 0. The maximum absolute atomic E-state index is 8.65. The van der Waals surface area contributed by atoms with Crippen LogP contribution in [0.1, 0.15) is 36.1 Å². The number of amidine groups is 1. The third-order valence-electron chi connectivity index (χ3n) is 2.52. The van der Waals surface area contributed by atoms with Crippen molar-refractivity contribution in [1.29, 1.82) is 0 Å². The van der Waals surface area contributed by atoms with Crippen LogP contribution in [0.5, 0.6) is 0 Å². The highest BCUT2D eigenvalue weighted by Gasteiger charge is 2.16. The van der Waals surface area contributed by atoms with Crippen LogP contribution in [-0.2, 0) is 0 Å². The quantitative estimate of drug-likeness (QED) is 0.320. The fraction of sp³-hybridized carbons (Fsp3) is 0.545. The van der Waals surface area contributed by atoms with E-state index in [-0.39, 0.29) is 17.9 Å². The van der Waals surface area contributed by atoms with Gasteiger partial charge in [0.2, 0.25) is 0 Å². The predicted molar refractivity (Wildman–Crippen MR) is 68.1 cm³/mol. The molecule has 1 heterocycles. The van der Waals surface area contributed by atoms with Gasteiger partial charge in [-0.2, -0.15) is 0 Å². The Morgan fingerprint density at radius 1 is 1.62 bits per heavy atom. The average molecular weight is 241 g/mol. The summed E-state index contributed by atoms with van der Waals surface area (Å²) in [6, 6.07) is 4.34. The molecule has 0 bridgehead atoms. The molecule has 2 atom stereocenters. The number of hydrogen-bond donors (Lipinski definition) is 3. The minimum atomic E-state index is -0.0811. The molecule has 0 fully saturated rings. The van der Waals surface area contributed by atoms with E-state index in [2.05, 4.69) is 36.5 Å². The Bertz CT molecular complexity index is 362. The molecule has 0 aliphatic carbocycles. The Kier molecular flexibility index (Phi) is 4.76. The Morgan fingerprint density at radius 3 is 2.75 bits per heavy atom. The van der Waals surface area contributed by atoms with Gasteiger partial charge in [0.1, 0.15) is 0 Å². The number of rotatable bonds is 5. The number of thiophene rings is 1. The molecule has 1 aromatic heterocycles. The molecule has 0 saturated heterocycles. The van der Waals surface area contributed by atoms with E-state index in [1.54, 1.807) is 11.3 Å². The lowest BCUT2D eigenvalue weighted by molar-refractivity contribution is 0.313. The monoisotopic (exact) mass is 241 g/mol. The summed E-state index contributed by atoms with van der Waals surface area (Å²) in [6.45, 7) is 6.17. The molecule has 0 radical (unpaired) electrons. The second kappa shape index (κ2) is 5.86. The van der Waals surface area contributed by atoms with E-state index in [1.165, 1.54) is 9.75 Å². The normalized spacial score (nSPS) is 16.1. The van der Waals surface area contributed by atoms with Crippen LogP contribution < -0.4 is 11.1 Å². The van der Waals surface area contributed by atoms with E-state index in [1.807, 2.05) is 6.92 Å². The molecule has 4 N–H and O–H groups in total. The van der Waals surface area contributed by atoms with Crippen LogP contribution in [0, 0.1) is 6.92 Å². The Hall–Kier alpha value is -1.07. The van der Waals surface area contributed by atoms with Crippen molar-refractivity contribution in [3.8, 4) is 0 Å². The fourth-order valence-electron chi connectivity index (χ4n) is 1.55. The number of nitrogens with two attached hydrogens (primary N) is 1. The molecule has 0 aliphatic rings. The zero-order valence-corrected chi connectivity index (χ0v) is 10.7. The number of oxime groups is 1. The number of aryl methyl sites for hydroxylation is 1. The predicted octanol–water partition coefficient (Wildman–Crippen LogP) is 2.23. The highest BCUT2D eigenvalue weighted by atomic mass is 32.1. The average Bonchev–Trinajstić information content (AvgIpc) is 2.71. The molecule has 16 heavy (non-hydrogen) atoms. The van der Waals surface area contributed by atoms with Crippen LogP contribution in [0.3, 0.4) is 0 Å². The van der Waals surface area contributed by atoms with Gasteiger partial charge in [-0.05, 0) is 32.4 Å². The number of nitrogens with zero attached hydrogens (tertiary/aromatic N) is 1. The van der Waals surface area contributed by atoms with Gasteiger partial charge in [-0.25, -0.2) is 0 Å². The Balaban J connectivity index is 2.65. The summed E-state index contributed by atoms with van der Waals surface area (Å²) in [5.74, 6) is 0.239. The molecule has 2 unspecified atom stereocenters.